The number of aromatic nitrogens is 2. The zero-order valence-electron chi connectivity index (χ0n) is 27.1. The van der Waals surface area contributed by atoms with Crippen LogP contribution in [-0.4, -0.2) is 75.9 Å². The summed E-state index contributed by atoms with van der Waals surface area (Å²) in [5.41, 5.74) is 1.90. The molecule has 246 valence electrons. The van der Waals surface area contributed by atoms with Crippen LogP contribution in [-0.2, 0) is 19.4 Å². The monoisotopic (exact) mass is 640 g/mol. The first kappa shape index (κ1) is 35.9. The standard InChI is InChI=1S/C33H48N6O5S/c1-6-8-28(40)23-35-16-19-43-18-15-34-17-20-44-29-13-11-26(12-14-29)38-32-36-22-25(2)31(39-32)37-27-9-7-10-30(21-27)45(41,42)24-33(3,4)5/h7,9-14,21-22,34-35H,6,8,15-20,23-24H2,1-5H3,(H2,36,37,38,39). The van der Waals surface area contributed by atoms with Crippen LogP contribution in [0.2, 0.25) is 0 Å². The van der Waals surface area contributed by atoms with Crippen molar-refractivity contribution in [2.24, 2.45) is 5.41 Å². The lowest BCUT2D eigenvalue weighted by Crippen LogP contribution is -2.28. The lowest BCUT2D eigenvalue weighted by Gasteiger charge is -2.18. The lowest BCUT2D eigenvalue weighted by atomic mass is 10.0. The van der Waals surface area contributed by atoms with Gasteiger partial charge in [0.1, 0.15) is 24.0 Å². The number of sulfone groups is 1. The largest absolute Gasteiger partial charge is 0.492 e. The highest BCUT2D eigenvalue weighted by Gasteiger charge is 2.23. The second-order valence-corrected chi connectivity index (χ2v) is 14.0. The maximum absolute atomic E-state index is 12.9. The average molecular weight is 641 g/mol. The van der Waals surface area contributed by atoms with Crippen molar-refractivity contribution in [3.63, 3.8) is 0 Å². The van der Waals surface area contributed by atoms with Gasteiger partial charge in [0.15, 0.2) is 9.84 Å². The number of carbonyl (C=O) groups excluding carboxylic acids is 1. The fourth-order valence-corrected chi connectivity index (χ4v) is 6.20. The lowest BCUT2D eigenvalue weighted by molar-refractivity contribution is -0.118. The Morgan fingerprint density at radius 2 is 1.62 bits per heavy atom. The Hall–Kier alpha value is -3.58. The molecule has 1 heterocycles. The normalized spacial score (nSPS) is 11.8. The molecular formula is C33H48N6O5S. The number of ether oxygens (including phenoxy) is 2. The number of benzene rings is 2. The van der Waals surface area contributed by atoms with Crippen LogP contribution in [0, 0.1) is 12.3 Å². The Balaban J connectivity index is 1.41. The molecule has 0 aliphatic carbocycles. The summed E-state index contributed by atoms with van der Waals surface area (Å²) in [5, 5.41) is 12.8. The van der Waals surface area contributed by atoms with E-state index in [4.69, 9.17) is 9.47 Å². The zero-order chi connectivity index (χ0) is 32.7. The van der Waals surface area contributed by atoms with Gasteiger partial charge in [-0.15, -0.1) is 0 Å². The molecule has 0 atom stereocenters. The van der Waals surface area contributed by atoms with E-state index in [0.29, 0.717) is 63.3 Å². The van der Waals surface area contributed by atoms with Crippen LogP contribution in [0.5, 0.6) is 5.75 Å². The minimum Gasteiger partial charge on any atom is -0.492 e. The van der Waals surface area contributed by atoms with Crippen LogP contribution >= 0.6 is 0 Å². The van der Waals surface area contributed by atoms with Gasteiger partial charge in [0.25, 0.3) is 0 Å². The van der Waals surface area contributed by atoms with E-state index in [2.05, 4.69) is 31.2 Å². The average Bonchev–Trinajstić information content (AvgIpc) is 2.97. The van der Waals surface area contributed by atoms with Gasteiger partial charge in [0.2, 0.25) is 5.95 Å². The molecule has 3 rings (SSSR count). The number of hydrogen-bond acceptors (Lipinski definition) is 11. The number of hydrogen-bond donors (Lipinski definition) is 4. The van der Waals surface area contributed by atoms with E-state index in [-0.39, 0.29) is 21.8 Å². The molecule has 11 nitrogen and oxygen atoms in total. The van der Waals surface area contributed by atoms with Gasteiger partial charge >= 0.3 is 0 Å². The third kappa shape index (κ3) is 13.5. The molecule has 0 aliphatic heterocycles. The Kier molecular flexibility index (Phi) is 14.2. The van der Waals surface area contributed by atoms with E-state index in [1.54, 1.807) is 24.4 Å². The van der Waals surface area contributed by atoms with Crippen LogP contribution in [0.3, 0.4) is 0 Å². The SMILES string of the molecule is CCCC(=O)CNCCOCCNCCOc1ccc(Nc2ncc(C)c(Nc3cccc(S(=O)(=O)CC(C)(C)C)c3)n2)cc1. The number of aryl methyl sites for hydroxylation is 1. The van der Waals surface area contributed by atoms with Crippen molar-refractivity contribution in [1.29, 1.82) is 0 Å². The topological polar surface area (TPSA) is 144 Å². The van der Waals surface area contributed by atoms with E-state index in [0.717, 1.165) is 30.0 Å². The van der Waals surface area contributed by atoms with Crippen LogP contribution in [0.1, 0.15) is 46.1 Å². The number of anilines is 4. The molecule has 0 amide bonds. The molecule has 0 bridgehead atoms. The third-order valence-corrected chi connectivity index (χ3v) is 8.62. The highest BCUT2D eigenvalue weighted by Crippen LogP contribution is 2.26. The van der Waals surface area contributed by atoms with Crippen molar-refractivity contribution in [2.45, 2.75) is 52.4 Å². The van der Waals surface area contributed by atoms with Crippen molar-refractivity contribution >= 4 is 38.8 Å². The summed E-state index contributed by atoms with van der Waals surface area (Å²) >= 11 is 0. The first-order valence-electron chi connectivity index (χ1n) is 15.4. The van der Waals surface area contributed by atoms with E-state index in [1.165, 1.54) is 0 Å². The number of Topliss-reactive ketones (excluding diaryl/α,β-unsaturated/α-hetero) is 1. The van der Waals surface area contributed by atoms with Crippen molar-refractivity contribution in [3.8, 4) is 5.75 Å². The fraction of sp³-hybridized carbons (Fsp3) is 0.485. The van der Waals surface area contributed by atoms with Crippen molar-refractivity contribution < 1.29 is 22.7 Å². The smallest absolute Gasteiger partial charge is 0.229 e. The minimum atomic E-state index is -3.43. The maximum atomic E-state index is 12.9. The highest BCUT2D eigenvalue weighted by molar-refractivity contribution is 7.91. The van der Waals surface area contributed by atoms with Gasteiger partial charge in [0.05, 0.1) is 30.4 Å². The van der Waals surface area contributed by atoms with Gasteiger partial charge in [-0.3, -0.25) is 4.79 Å². The predicted molar refractivity (Wildman–Crippen MR) is 180 cm³/mol. The second kappa shape index (κ2) is 17.8. The van der Waals surface area contributed by atoms with E-state index >= 15 is 0 Å². The Morgan fingerprint density at radius 1 is 0.911 bits per heavy atom. The molecule has 0 spiro atoms. The summed E-state index contributed by atoms with van der Waals surface area (Å²) in [5.74, 6) is 2.02. The minimum absolute atomic E-state index is 0.0595. The molecule has 12 heteroatoms. The maximum Gasteiger partial charge on any atom is 0.229 e. The molecule has 0 saturated carbocycles. The van der Waals surface area contributed by atoms with E-state index in [1.807, 2.05) is 65.0 Å². The Labute approximate surface area is 267 Å². The summed E-state index contributed by atoms with van der Waals surface area (Å²) in [4.78, 5) is 20.7. The third-order valence-electron chi connectivity index (χ3n) is 6.41. The Morgan fingerprint density at radius 3 is 2.33 bits per heavy atom. The summed E-state index contributed by atoms with van der Waals surface area (Å²) in [7, 11) is -3.43. The van der Waals surface area contributed by atoms with Crippen LogP contribution in [0.4, 0.5) is 23.1 Å². The number of nitrogens with zero attached hydrogens (tertiary/aromatic N) is 2. The van der Waals surface area contributed by atoms with Crippen molar-refractivity contribution in [2.75, 3.05) is 62.4 Å². The van der Waals surface area contributed by atoms with Gasteiger partial charge in [-0.1, -0.05) is 33.8 Å². The van der Waals surface area contributed by atoms with Crippen molar-refractivity contribution in [3.05, 3.63) is 60.3 Å². The van der Waals surface area contributed by atoms with Gasteiger partial charge in [-0.2, -0.15) is 4.98 Å². The second-order valence-electron chi connectivity index (χ2n) is 12.0. The van der Waals surface area contributed by atoms with Gasteiger partial charge < -0.3 is 30.7 Å². The van der Waals surface area contributed by atoms with Crippen molar-refractivity contribution in [1.82, 2.24) is 20.6 Å². The Bertz CT molecular complexity index is 1460. The summed E-state index contributed by atoms with van der Waals surface area (Å²) in [6, 6.07) is 14.3. The predicted octanol–water partition coefficient (Wildman–Crippen LogP) is 5.04. The fourth-order valence-electron chi connectivity index (χ4n) is 4.30. The van der Waals surface area contributed by atoms with Crippen LogP contribution < -0.4 is 26.0 Å². The molecular weight excluding hydrogens is 592 g/mol. The molecule has 1 aromatic heterocycles. The first-order valence-corrected chi connectivity index (χ1v) is 17.0. The molecule has 45 heavy (non-hydrogen) atoms. The van der Waals surface area contributed by atoms with E-state index < -0.39 is 9.84 Å². The number of ketones is 1. The molecule has 4 N–H and O–H groups in total. The van der Waals surface area contributed by atoms with Gasteiger partial charge in [-0.05, 0) is 61.2 Å². The van der Waals surface area contributed by atoms with Crippen LogP contribution in [0.25, 0.3) is 0 Å². The number of nitrogens with one attached hydrogen (secondary N) is 4. The molecule has 0 saturated heterocycles. The zero-order valence-corrected chi connectivity index (χ0v) is 27.9. The number of carbonyl (C=O) groups is 1. The van der Waals surface area contributed by atoms with Gasteiger partial charge in [-0.25, -0.2) is 13.4 Å². The molecule has 2 aromatic carbocycles. The van der Waals surface area contributed by atoms with Crippen LogP contribution in [0.15, 0.2) is 59.6 Å². The summed E-state index contributed by atoms with van der Waals surface area (Å²) in [6.45, 7) is 13.8. The molecule has 0 fully saturated rings. The molecule has 0 aliphatic rings. The molecule has 0 radical (unpaired) electrons. The van der Waals surface area contributed by atoms with E-state index in [9.17, 15) is 13.2 Å². The molecule has 3 aromatic rings. The molecule has 0 unspecified atom stereocenters. The quantitative estimate of drug-likeness (QED) is 0.123. The van der Waals surface area contributed by atoms with Gasteiger partial charge in [0, 0.05) is 49.2 Å². The summed E-state index contributed by atoms with van der Waals surface area (Å²) < 4.78 is 37.2. The number of rotatable bonds is 20. The first-order chi connectivity index (χ1) is 21.4. The highest BCUT2D eigenvalue weighted by atomic mass is 32.2. The summed E-state index contributed by atoms with van der Waals surface area (Å²) in [6.07, 6.45) is 3.21.